The van der Waals surface area contributed by atoms with Crippen LogP contribution in [0.15, 0.2) is 34.1 Å². The Balaban J connectivity index is 2.03. The van der Waals surface area contributed by atoms with Crippen LogP contribution in [0.5, 0.6) is 0 Å². The van der Waals surface area contributed by atoms with Crippen molar-refractivity contribution in [3.05, 3.63) is 51.2 Å². The quantitative estimate of drug-likeness (QED) is 0.784. The lowest BCUT2D eigenvalue weighted by molar-refractivity contribution is 0.434. The van der Waals surface area contributed by atoms with Gasteiger partial charge in [-0.25, -0.2) is 14.0 Å². The second-order valence-electron chi connectivity index (χ2n) is 5.85. The van der Waals surface area contributed by atoms with Crippen molar-refractivity contribution in [2.24, 2.45) is 0 Å². The average molecular weight is 328 g/mol. The molecule has 0 saturated heterocycles. The molecule has 0 aromatic carbocycles. The summed E-state index contributed by atoms with van der Waals surface area (Å²) >= 11 is 1.40. The molecule has 0 atom stereocenters. The van der Waals surface area contributed by atoms with E-state index in [4.69, 9.17) is 0 Å². The molecule has 4 rings (SSSR count). The molecule has 0 bridgehead atoms. The molecule has 0 spiro atoms. The number of nitrogens with zero attached hydrogens (tertiary/aromatic N) is 3. The Morgan fingerprint density at radius 3 is 2.61 bits per heavy atom. The first kappa shape index (κ1) is 14.3. The van der Waals surface area contributed by atoms with Crippen LogP contribution in [0.2, 0.25) is 0 Å². The molecule has 3 heterocycles. The highest BCUT2D eigenvalue weighted by molar-refractivity contribution is 7.20. The highest BCUT2D eigenvalue weighted by Gasteiger charge is 2.25. The molecule has 0 amide bonds. The van der Waals surface area contributed by atoms with Gasteiger partial charge >= 0.3 is 11.4 Å². The molecule has 0 unspecified atom stereocenters. The predicted molar refractivity (Wildman–Crippen MR) is 89.0 cm³/mol. The van der Waals surface area contributed by atoms with Gasteiger partial charge in [0.25, 0.3) is 0 Å². The highest BCUT2D eigenvalue weighted by Crippen LogP contribution is 2.41. The van der Waals surface area contributed by atoms with Crippen LogP contribution in [0.25, 0.3) is 15.4 Å². The lowest BCUT2D eigenvalue weighted by Gasteiger charge is -2.22. The third-order valence-corrected chi connectivity index (χ3v) is 5.51. The van der Waals surface area contributed by atoms with Gasteiger partial charge in [0.15, 0.2) is 0 Å². The number of H-pyrrole nitrogens is 1. The number of thiazole rings is 1. The van der Waals surface area contributed by atoms with Gasteiger partial charge in [0.1, 0.15) is 0 Å². The molecule has 3 aromatic heterocycles. The van der Waals surface area contributed by atoms with Gasteiger partial charge in [0.05, 0.1) is 10.6 Å². The van der Waals surface area contributed by atoms with E-state index in [2.05, 4.69) is 15.0 Å². The second-order valence-corrected chi connectivity index (χ2v) is 6.83. The number of rotatable bonds is 2. The van der Waals surface area contributed by atoms with Crippen molar-refractivity contribution in [1.82, 2.24) is 19.4 Å². The highest BCUT2D eigenvalue weighted by atomic mass is 32.1. The van der Waals surface area contributed by atoms with E-state index < -0.39 is 11.4 Å². The zero-order chi connectivity index (χ0) is 15.8. The van der Waals surface area contributed by atoms with Crippen molar-refractivity contribution in [3.8, 4) is 10.4 Å². The average Bonchev–Trinajstić information content (AvgIpc) is 2.96. The first-order valence-corrected chi connectivity index (χ1v) is 8.62. The van der Waals surface area contributed by atoms with E-state index in [-0.39, 0.29) is 0 Å². The monoisotopic (exact) mass is 328 g/mol. The third-order valence-electron chi connectivity index (χ3n) is 4.41. The van der Waals surface area contributed by atoms with Gasteiger partial charge < -0.3 is 0 Å². The Bertz CT molecular complexity index is 952. The molecule has 7 heteroatoms. The molecular weight excluding hydrogens is 312 g/mol. The summed E-state index contributed by atoms with van der Waals surface area (Å²) in [5, 5.41) is 0. The Hall–Kier alpha value is -2.28. The van der Waals surface area contributed by atoms with Crippen molar-refractivity contribution in [1.29, 1.82) is 0 Å². The molecule has 0 radical (unpaired) electrons. The van der Waals surface area contributed by atoms with E-state index in [9.17, 15) is 9.59 Å². The fourth-order valence-electron chi connectivity index (χ4n) is 3.38. The Kier molecular flexibility index (Phi) is 3.57. The van der Waals surface area contributed by atoms with Gasteiger partial charge in [-0.05, 0) is 30.5 Å². The first-order chi connectivity index (χ1) is 11.2. The van der Waals surface area contributed by atoms with Crippen LogP contribution in [0.1, 0.15) is 43.7 Å². The fraction of sp³-hybridized carbons (Fsp3) is 0.375. The lowest BCUT2D eigenvalue weighted by atomic mass is 9.86. The van der Waals surface area contributed by atoms with Gasteiger partial charge in [-0.15, -0.1) is 0 Å². The topological polar surface area (TPSA) is 80.1 Å². The van der Waals surface area contributed by atoms with Gasteiger partial charge in [-0.3, -0.25) is 9.97 Å². The van der Waals surface area contributed by atoms with Gasteiger partial charge in [-0.2, -0.15) is 4.98 Å². The number of hydrogen-bond donors (Lipinski definition) is 1. The number of nitrogens with one attached hydrogen (secondary N) is 1. The van der Waals surface area contributed by atoms with E-state index in [0.717, 1.165) is 29.0 Å². The first-order valence-electron chi connectivity index (χ1n) is 7.80. The fourth-order valence-corrected chi connectivity index (χ4v) is 4.58. The van der Waals surface area contributed by atoms with Crippen LogP contribution in [-0.4, -0.2) is 19.4 Å². The van der Waals surface area contributed by atoms with Gasteiger partial charge in [0.2, 0.25) is 4.96 Å². The second kappa shape index (κ2) is 5.73. The molecule has 1 aliphatic carbocycles. The van der Waals surface area contributed by atoms with Gasteiger partial charge in [-0.1, -0.05) is 30.6 Å². The summed E-state index contributed by atoms with van der Waals surface area (Å²) in [7, 11) is 0. The molecule has 0 aliphatic heterocycles. The minimum Gasteiger partial charge on any atom is -0.265 e. The van der Waals surface area contributed by atoms with Crippen LogP contribution in [0, 0.1) is 0 Å². The maximum atomic E-state index is 12.4. The minimum atomic E-state index is -0.590. The zero-order valence-electron chi connectivity index (χ0n) is 12.5. The number of fused-ring (bicyclic) bond motifs is 1. The molecular formula is C16H16N4O2S. The van der Waals surface area contributed by atoms with Crippen LogP contribution < -0.4 is 11.4 Å². The summed E-state index contributed by atoms with van der Waals surface area (Å²) in [6, 6.07) is 3.87. The summed E-state index contributed by atoms with van der Waals surface area (Å²) in [4.78, 5) is 35.8. The Morgan fingerprint density at radius 1 is 1.13 bits per heavy atom. The van der Waals surface area contributed by atoms with Crippen molar-refractivity contribution >= 4 is 16.3 Å². The molecule has 1 aliphatic rings. The maximum absolute atomic E-state index is 12.4. The molecule has 23 heavy (non-hydrogen) atoms. The minimum absolute atomic E-state index is 0.325. The van der Waals surface area contributed by atoms with Crippen molar-refractivity contribution in [3.63, 3.8) is 0 Å². The van der Waals surface area contributed by atoms with E-state index in [0.29, 0.717) is 10.9 Å². The summed E-state index contributed by atoms with van der Waals surface area (Å²) in [5.41, 5.74) is 1.03. The maximum Gasteiger partial charge on any atom is 0.351 e. The number of pyridine rings is 1. The normalized spacial score (nSPS) is 16.0. The predicted octanol–water partition coefficient (Wildman–Crippen LogP) is 2.55. The smallest absolute Gasteiger partial charge is 0.265 e. The Labute approximate surface area is 135 Å². The van der Waals surface area contributed by atoms with Crippen LogP contribution in [0.4, 0.5) is 0 Å². The van der Waals surface area contributed by atoms with E-state index in [1.165, 1.54) is 30.6 Å². The zero-order valence-corrected chi connectivity index (χ0v) is 13.3. The molecule has 1 fully saturated rings. The molecule has 118 valence electrons. The molecule has 3 aromatic rings. The van der Waals surface area contributed by atoms with Crippen LogP contribution in [0.3, 0.4) is 0 Å². The van der Waals surface area contributed by atoms with Gasteiger partial charge in [0, 0.05) is 18.3 Å². The van der Waals surface area contributed by atoms with Crippen molar-refractivity contribution in [2.45, 2.75) is 38.0 Å². The molecule has 1 N–H and O–H groups in total. The molecule has 1 saturated carbocycles. The summed E-state index contributed by atoms with van der Waals surface area (Å²) in [6.07, 6.45) is 9.20. The Morgan fingerprint density at radius 2 is 1.87 bits per heavy atom. The number of hydrogen-bond acceptors (Lipinski definition) is 5. The summed E-state index contributed by atoms with van der Waals surface area (Å²) in [5.74, 6) is 0.325. The molecule has 6 nitrogen and oxygen atoms in total. The largest absolute Gasteiger partial charge is 0.351 e. The lowest BCUT2D eigenvalue weighted by Crippen LogP contribution is -2.29. The van der Waals surface area contributed by atoms with Crippen molar-refractivity contribution in [2.75, 3.05) is 0 Å². The van der Waals surface area contributed by atoms with Crippen LogP contribution >= 0.6 is 11.3 Å². The third kappa shape index (κ3) is 2.50. The number of aromatic nitrogens is 4. The van der Waals surface area contributed by atoms with E-state index in [1.807, 2.05) is 12.1 Å². The SMILES string of the molecule is O=c1nc2sc(-c3ccncc3)c(C3CCCCC3)n2c(=O)[nH]1. The summed E-state index contributed by atoms with van der Waals surface area (Å²) < 4.78 is 1.60. The van der Waals surface area contributed by atoms with E-state index >= 15 is 0 Å². The summed E-state index contributed by atoms with van der Waals surface area (Å²) in [6.45, 7) is 0. The number of aromatic amines is 1. The van der Waals surface area contributed by atoms with Crippen molar-refractivity contribution < 1.29 is 0 Å². The van der Waals surface area contributed by atoms with Crippen LogP contribution in [-0.2, 0) is 0 Å². The standard InChI is InChI=1S/C16H16N4O2S/c21-14-18-15(22)20-12(10-4-2-1-3-5-10)13(23-16(20)19-14)11-6-8-17-9-7-11/h6-10H,1-5H2,(H,18,21,22). The van der Waals surface area contributed by atoms with E-state index in [1.54, 1.807) is 16.8 Å².